The summed E-state index contributed by atoms with van der Waals surface area (Å²) >= 11 is 0. The van der Waals surface area contributed by atoms with Gasteiger partial charge < -0.3 is 23.7 Å². The van der Waals surface area contributed by atoms with Crippen LogP contribution in [0.2, 0.25) is 0 Å². The molecule has 0 N–H and O–H groups in total. The van der Waals surface area contributed by atoms with Crippen LogP contribution in [-0.2, 0) is 14.3 Å². The molecule has 0 bridgehead atoms. The van der Waals surface area contributed by atoms with E-state index in [1.54, 1.807) is 33.1 Å². The smallest absolute Gasteiger partial charge is 0.164 e. The van der Waals surface area contributed by atoms with E-state index in [4.69, 9.17) is 18.9 Å². The molecule has 0 spiro atoms. The first-order chi connectivity index (χ1) is 9.04. The molecule has 0 amide bonds. The Kier molecular flexibility index (Phi) is 4.07. The van der Waals surface area contributed by atoms with Crippen molar-refractivity contribution in [3.8, 4) is 11.5 Å². The summed E-state index contributed by atoms with van der Waals surface area (Å²) in [5.41, 5.74) is 0. The molecule has 0 unspecified atom stereocenters. The average Bonchev–Trinajstić information content (AvgIpc) is 2.71. The Hall–Kier alpha value is -1.59. The van der Waals surface area contributed by atoms with Crippen LogP contribution in [0.5, 0.6) is 11.5 Å². The van der Waals surface area contributed by atoms with Crippen molar-refractivity contribution >= 4 is 6.29 Å². The molecule has 1 aromatic carbocycles. The lowest BCUT2D eigenvalue weighted by molar-refractivity contribution is -0.151. The molecule has 1 aliphatic heterocycles. The van der Waals surface area contributed by atoms with Crippen LogP contribution in [0.3, 0.4) is 0 Å². The fourth-order valence-electron chi connectivity index (χ4n) is 1.96. The van der Waals surface area contributed by atoms with Gasteiger partial charge in [-0.15, -0.1) is 0 Å². The first-order valence-electron chi connectivity index (χ1n) is 6.12. The Morgan fingerprint density at radius 2 is 1.84 bits per heavy atom. The third-order valence-corrected chi connectivity index (χ3v) is 2.83. The minimum atomic E-state index is -0.750. The molecule has 5 nitrogen and oxygen atoms in total. The largest absolute Gasteiger partial charge is 0.497 e. The van der Waals surface area contributed by atoms with E-state index < -0.39 is 18.0 Å². The van der Waals surface area contributed by atoms with Gasteiger partial charge >= 0.3 is 0 Å². The first-order valence-corrected chi connectivity index (χ1v) is 6.12. The zero-order chi connectivity index (χ0) is 13.9. The van der Waals surface area contributed by atoms with Crippen LogP contribution < -0.4 is 9.47 Å². The van der Waals surface area contributed by atoms with Gasteiger partial charge in [-0.2, -0.15) is 0 Å². The summed E-state index contributed by atoms with van der Waals surface area (Å²) in [5, 5.41) is 0. The fourth-order valence-corrected chi connectivity index (χ4v) is 1.96. The van der Waals surface area contributed by atoms with E-state index in [1.165, 1.54) is 0 Å². The molecule has 2 atom stereocenters. The number of benzene rings is 1. The molecule has 1 aliphatic rings. The summed E-state index contributed by atoms with van der Waals surface area (Å²) in [5.74, 6) is 0.706. The molecule has 0 aromatic heterocycles. The molecule has 0 saturated carbocycles. The second-order valence-corrected chi connectivity index (χ2v) is 4.76. The van der Waals surface area contributed by atoms with Gasteiger partial charge in [0.15, 0.2) is 12.1 Å². The highest BCUT2D eigenvalue weighted by Crippen LogP contribution is 2.28. The van der Waals surface area contributed by atoms with Crippen LogP contribution in [-0.4, -0.2) is 38.0 Å². The van der Waals surface area contributed by atoms with Crippen molar-refractivity contribution in [3.63, 3.8) is 0 Å². The van der Waals surface area contributed by atoms with Crippen molar-refractivity contribution in [3.05, 3.63) is 24.3 Å². The summed E-state index contributed by atoms with van der Waals surface area (Å²) in [4.78, 5) is 10.9. The summed E-state index contributed by atoms with van der Waals surface area (Å²) in [6.07, 6.45) is -0.237. The van der Waals surface area contributed by atoms with Crippen molar-refractivity contribution < 1.29 is 23.7 Å². The topological polar surface area (TPSA) is 54.0 Å². The zero-order valence-electron chi connectivity index (χ0n) is 11.3. The molecule has 1 fully saturated rings. The minimum Gasteiger partial charge on any atom is -0.497 e. The molecule has 2 rings (SSSR count). The summed E-state index contributed by atoms with van der Waals surface area (Å²) in [6.45, 7) is 3.81. The van der Waals surface area contributed by atoms with Crippen LogP contribution in [0, 0.1) is 0 Å². The summed E-state index contributed by atoms with van der Waals surface area (Å²) in [7, 11) is 1.61. The lowest BCUT2D eigenvalue weighted by atomic mass is 10.2. The summed E-state index contributed by atoms with van der Waals surface area (Å²) < 4.78 is 21.7. The van der Waals surface area contributed by atoms with Crippen LogP contribution >= 0.6 is 0 Å². The maximum atomic E-state index is 10.9. The van der Waals surface area contributed by atoms with Gasteiger partial charge in [0.2, 0.25) is 0 Å². The Morgan fingerprint density at radius 3 is 2.42 bits per heavy atom. The lowest BCUT2D eigenvalue weighted by Gasteiger charge is -2.17. The third kappa shape index (κ3) is 3.45. The van der Waals surface area contributed by atoms with E-state index in [-0.39, 0.29) is 6.61 Å². The Bertz CT molecular complexity index is 426. The van der Waals surface area contributed by atoms with E-state index in [9.17, 15) is 4.79 Å². The van der Waals surface area contributed by atoms with Crippen LogP contribution in [0.4, 0.5) is 0 Å². The number of methoxy groups -OCH3 is 1. The highest BCUT2D eigenvalue weighted by molar-refractivity contribution is 5.57. The van der Waals surface area contributed by atoms with Gasteiger partial charge in [0.25, 0.3) is 0 Å². The fraction of sp³-hybridized carbons (Fsp3) is 0.500. The first kappa shape index (κ1) is 13.8. The normalized spacial score (nSPS) is 25.0. The number of hydrogen-bond donors (Lipinski definition) is 0. The monoisotopic (exact) mass is 266 g/mol. The van der Waals surface area contributed by atoms with Gasteiger partial charge in [-0.1, -0.05) is 0 Å². The highest BCUT2D eigenvalue weighted by atomic mass is 16.8. The maximum absolute atomic E-state index is 10.9. The van der Waals surface area contributed by atoms with Crippen LogP contribution in [0.1, 0.15) is 13.8 Å². The molecule has 1 aromatic rings. The lowest BCUT2D eigenvalue weighted by Crippen LogP contribution is -2.30. The minimum absolute atomic E-state index is 0.263. The standard InChI is InChI=1S/C14H18O5/c1-14(2)18-12(8-15)13(19-14)9-17-11-6-4-10(16-3)5-7-11/h4-8,12-13H,9H2,1-3H3/t12-,13-/m0/s1. The van der Waals surface area contributed by atoms with Gasteiger partial charge in [0, 0.05) is 0 Å². The number of hydrogen-bond acceptors (Lipinski definition) is 5. The Labute approximate surface area is 112 Å². The van der Waals surface area contributed by atoms with Crippen molar-refractivity contribution in [2.75, 3.05) is 13.7 Å². The van der Waals surface area contributed by atoms with Crippen molar-refractivity contribution in [2.24, 2.45) is 0 Å². The quantitative estimate of drug-likeness (QED) is 0.761. The second-order valence-electron chi connectivity index (χ2n) is 4.76. The molecule has 0 radical (unpaired) electrons. The SMILES string of the molecule is COc1ccc(OC[C@@H]2OC(C)(C)O[C@H]2C=O)cc1. The number of ether oxygens (including phenoxy) is 4. The van der Waals surface area contributed by atoms with E-state index >= 15 is 0 Å². The molecule has 19 heavy (non-hydrogen) atoms. The van der Waals surface area contributed by atoms with Gasteiger partial charge in [-0.05, 0) is 38.1 Å². The van der Waals surface area contributed by atoms with E-state index in [2.05, 4.69) is 0 Å². The van der Waals surface area contributed by atoms with E-state index in [1.807, 2.05) is 12.1 Å². The van der Waals surface area contributed by atoms with E-state index in [0.717, 1.165) is 12.0 Å². The third-order valence-electron chi connectivity index (χ3n) is 2.83. The zero-order valence-corrected chi connectivity index (χ0v) is 11.3. The highest BCUT2D eigenvalue weighted by Gasteiger charge is 2.41. The molecular weight excluding hydrogens is 248 g/mol. The van der Waals surface area contributed by atoms with Gasteiger partial charge in [0.1, 0.15) is 30.3 Å². The van der Waals surface area contributed by atoms with Crippen molar-refractivity contribution in [1.29, 1.82) is 0 Å². The summed E-state index contributed by atoms with van der Waals surface area (Å²) in [6, 6.07) is 7.22. The number of carbonyl (C=O) groups excluding carboxylic acids is 1. The molecule has 5 heteroatoms. The number of rotatable bonds is 5. The Balaban J connectivity index is 1.92. The van der Waals surface area contributed by atoms with Crippen molar-refractivity contribution in [1.82, 2.24) is 0 Å². The number of aldehydes is 1. The Morgan fingerprint density at radius 1 is 1.21 bits per heavy atom. The number of carbonyl (C=O) groups is 1. The van der Waals surface area contributed by atoms with E-state index in [0.29, 0.717) is 5.75 Å². The van der Waals surface area contributed by atoms with Crippen LogP contribution in [0.15, 0.2) is 24.3 Å². The molecule has 0 aliphatic carbocycles. The van der Waals surface area contributed by atoms with Gasteiger partial charge in [-0.3, -0.25) is 0 Å². The predicted octanol–water partition coefficient (Wildman–Crippen LogP) is 1.79. The molecule has 1 saturated heterocycles. The predicted molar refractivity (Wildman–Crippen MR) is 68.4 cm³/mol. The van der Waals surface area contributed by atoms with Crippen molar-refractivity contribution in [2.45, 2.75) is 31.8 Å². The maximum Gasteiger partial charge on any atom is 0.164 e. The molecule has 1 heterocycles. The second kappa shape index (κ2) is 5.59. The molecular formula is C14H18O5. The molecule has 104 valence electrons. The van der Waals surface area contributed by atoms with Gasteiger partial charge in [-0.25, -0.2) is 0 Å². The van der Waals surface area contributed by atoms with Crippen LogP contribution in [0.25, 0.3) is 0 Å². The van der Waals surface area contributed by atoms with Gasteiger partial charge in [0.05, 0.1) is 7.11 Å². The average molecular weight is 266 g/mol.